The molecule has 0 aliphatic rings. The molecule has 0 N–H and O–H groups in total. The van der Waals surface area contributed by atoms with Gasteiger partial charge in [0.1, 0.15) is 11.5 Å². The van der Waals surface area contributed by atoms with Crippen LogP contribution in [0, 0.1) is 6.92 Å². The first kappa shape index (κ1) is 20.4. The average Bonchev–Trinajstić information content (AvgIpc) is 2.75. The van der Waals surface area contributed by atoms with Crippen molar-refractivity contribution in [3.05, 3.63) is 89.7 Å². The van der Waals surface area contributed by atoms with Gasteiger partial charge in [0.05, 0.1) is 7.11 Å². The maximum atomic E-state index is 13.2. The number of amides is 1. The highest BCUT2D eigenvalue weighted by Gasteiger charge is 2.23. The minimum absolute atomic E-state index is 0.0760. The van der Waals surface area contributed by atoms with Crippen LogP contribution < -0.4 is 9.47 Å². The molecule has 3 aromatic rings. The van der Waals surface area contributed by atoms with Crippen LogP contribution in [-0.2, 0) is 17.9 Å². The molecule has 29 heavy (non-hydrogen) atoms. The van der Waals surface area contributed by atoms with Gasteiger partial charge >= 0.3 is 0 Å². The molecule has 5 heteroatoms. The summed E-state index contributed by atoms with van der Waals surface area (Å²) in [7, 11) is 1.61. The maximum Gasteiger partial charge on any atom is 0.263 e. The number of aryl methyl sites for hydroxylation is 1. The highest BCUT2D eigenvalue weighted by molar-refractivity contribution is 5.81. The highest BCUT2D eigenvalue weighted by atomic mass is 16.5. The lowest BCUT2D eigenvalue weighted by atomic mass is 10.1. The van der Waals surface area contributed by atoms with Crippen LogP contribution in [0.5, 0.6) is 11.5 Å². The monoisotopic (exact) mass is 390 g/mol. The molecule has 3 rings (SSSR count). The van der Waals surface area contributed by atoms with Crippen molar-refractivity contribution in [2.24, 2.45) is 0 Å². The molecule has 1 heterocycles. The molecule has 1 amide bonds. The first-order valence-electron chi connectivity index (χ1n) is 9.59. The summed E-state index contributed by atoms with van der Waals surface area (Å²) in [6.45, 7) is 4.81. The van der Waals surface area contributed by atoms with Crippen LogP contribution in [0.2, 0.25) is 0 Å². The summed E-state index contributed by atoms with van der Waals surface area (Å²) in [5.41, 5.74) is 3.24. The number of carbonyl (C=O) groups excluding carboxylic acids is 1. The van der Waals surface area contributed by atoms with Gasteiger partial charge in [0.25, 0.3) is 5.91 Å². The second-order valence-electron chi connectivity index (χ2n) is 6.92. The first-order chi connectivity index (χ1) is 14.1. The van der Waals surface area contributed by atoms with Gasteiger partial charge in [-0.15, -0.1) is 0 Å². The smallest absolute Gasteiger partial charge is 0.263 e. The fourth-order valence-electron chi connectivity index (χ4n) is 3.08. The number of aromatic nitrogens is 1. The van der Waals surface area contributed by atoms with Crippen molar-refractivity contribution in [1.82, 2.24) is 9.88 Å². The fourth-order valence-corrected chi connectivity index (χ4v) is 3.08. The van der Waals surface area contributed by atoms with E-state index in [-0.39, 0.29) is 5.91 Å². The van der Waals surface area contributed by atoms with Gasteiger partial charge in [-0.1, -0.05) is 30.3 Å². The molecule has 150 valence electrons. The molecule has 0 saturated carbocycles. The average molecular weight is 390 g/mol. The molecular weight excluding hydrogens is 364 g/mol. The molecule has 0 spiro atoms. The molecular formula is C24H26N2O3. The van der Waals surface area contributed by atoms with E-state index in [9.17, 15) is 4.79 Å². The third-order valence-corrected chi connectivity index (χ3v) is 4.75. The summed E-state index contributed by atoms with van der Waals surface area (Å²) in [4.78, 5) is 19.2. The Morgan fingerprint density at radius 2 is 1.72 bits per heavy atom. The third kappa shape index (κ3) is 5.57. The summed E-state index contributed by atoms with van der Waals surface area (Å²) < 4.78 is 11.1. The van der Waals surface area contributed by atoms with Crippen molar-refractivity contribution in [2.75, 3.05) is 7.11 Å². The lowest BCUT2D eigenvalue weighted by Gasteiger charge is -2.27. The number of nitrogens with zero attached hydrogens (tertiary/aromatic N) is 2. The zero-order valence-corrected chi connectivity index (χ0v) is 17.0. The number of carbonyl (C=O) groups is 1. The number of ether oxygens (including phenoxy) is 2. The van der Waals surface area contributed by atoms with Gasteiger partial charge in [-0.25, -0.2) is 0 Å². The van der Waals surface area contributed by atoms with E-state index in [4.69, 9.17) is 9.47 Å². The van der Waals surface area contributed by atoms with Crippen LogP contribution in [0.15, 0.2) is 73.1 Å². The van der Waals surface area contributed by atoms with E-state index in [0.29, 0.717) is 18.8 Å². The number of hydrogen-bond acceptors (Lipinski definition) is 4. The highest BCUT2D eigenvalue weighted by Crippen LogP contribution is 2.20. The topological polar surface area (TPSA) is 51.7 Å². The van der Waals surface area contributed by atoms with Gasteiger partial charge in [-0.3, -0.25) is 9.78 Å². The van der Waals surface area contributed by atoms with Crippen molar-refractivity contribution in [1.29, 1.82) is 0 Å². The standard InChI is InChI=1S/C24H26N2O3/c1-18-7-4-5-9-21(18)17-26(16-20-8-6-14-25-15-20)24(27)19(2)29-23-12-10-22(28-3)11-13-23/h4-15,19H,16-17H2,1-3H3. The number of hydrogen-bond donors (Lipinski definition) is 0. The van der Waals surface area contributed by atoms with Crippen LogP contribution >= 0.6 is 0 Å². The molecule has 2 aromatic carbocycles. The van der Waals surface area contributed by atoms with Gasteiger partial charge in [0.15, 0.2) is 6.10 Å². The molecule has 0 fully saturated rings. The first-order valence-corrected chi connectivity index (χ1v) is 9.59. The van der Waals surface area contributed by atoms with Gasteiger partial charge < -0.3 is 14.4 Å². The van der Waals surface area contributed by atoms with Gasteiger partial charge in [-0.05, 0) is 60.9 Å². The number of methoxy groups -OCH3 is 1. The summed E-state index contributed by atoms with van der Waals surface area (Å²) in [5.74, 6) is 1.30. The Bertz CT molecular complexity index is 926. The summed E-state index contributed by atoms with van der Waals surface area (Å²) >= 11 is 0. The van der Waals surface area contributed by atoms with Crippen LogP contribution in [0.25, 0.3) is 0 Å². The second-order valence-corrected chi connectivity index (χ2v) is 6.92. The zero-order chi connectivity index (χ0) is 20.6. The molecule has 0 radical (unpaired) electrons. The minimum Gasteiger partial charge on any atom is -0.497 e. The normalized spacial score (nSPS) is 11.6. The molecule has 0 aliphatic carbocycles. The Morgan fingerprint density at radius 3 is 2.38 bits per heavy atom. The third-order valence-electron chi connectivity index (χ3n) is 4.75. The van der Waals surface area contributed by atoms with E-state index in [2.05, 4.69) is 18.0 Å². The Balaban J connectivity index is 1.77. The lowest BCUT2D eigenvalue weighted by molar-refractivity contribution is -0.139. The molecule has 1 aromatic heterocycles. The predicted molar refractivity (Wildman–Crippen MR) is 113 cm³/mol. The number of benzene rings is 2. The molecule has 1 atom stereocenters. The fraction of sp³-hybridized carbons (Fsp3) is 0.250. The molecule has 1 unspecified atom stereocenters. The van der Waals surface area contributed by atoms with E-state index >= 15 is 0 Å². The number of pyridine rings is 1. The van der Waals surface area contributed by atoms with Crippen LogP contribution in [0.1, 0.15) is 23.6 Å². The van der Waals surface area contributed by atoms with E-state index in [1.807, 2.05) is 47.4 Å². The van der Waals surface area contributed by atoms with Crippen LogP contribution in [0.4, 0.5) is 0 Å². The predicted octanol–water partition coefficient (Wildman–Crippen LogP) is 4.39. The van der Waals surface area contributed by atoms with E-state index in [0.717, 1.165) is 22.4 Å². The summed E-state index contributed by atoms with van der Waals surface area (Å²) in [5, 5.41) is 0. The van der Waals surface area contributed by atoms with Crippen molar-refractivity contribution in [2.45, 2.75) is 33.0 Å². The van der Waals surface area contributed by atoms with Gasteiger partial charge in [0, 0.05) is 25.5 Å². The Morgan fingerprint density at radius 1 is 1.00 bits per heavy atom. The Hall–Kier alpha value is -3.34. The Labute approximate surface area is 171 Å². The van der Waals surface area contributed by atoms with E-state index in [1.165, 1.54) is 0 Å². The second kappa shape index (κ2) is 9.73. The van der Waals surface area contributed by atoms with Crippen molar-refractivity contribution in [3.63, 3.8) is 0 Å². The van der Waals surface area contributed by atoms with Crippen molar-refractivity contribution >= 4 is 5.91 Å². The summed E-state index contributed by atoms with van der Waals surface area (Å²) in [6, 6.07) is 19.2. The van der Waals surface area contributed by atoms with Crippen molar-refractivity contribution in [3.8, 4) is 11.5 Å². The van der Waals surface area contributed by atoms with E-state index < -0.39 is 6.10 Å². The molecule has 0 saturated heterocycles. The van der Waals surface area contributed by atoms with Crippen molar-refractivity contribution < 1.29 is 14.3 Å². The van der Waals surface area contributed by atoms with Crippen LogP contribution in [0.3, 0.4) is 0 Å². The van der Waals surface area contributed by atoms with Gasteiger partial charge in [-0.2, -0.15) is 0 Å². The molecule has 5 nitrogen and oxygen atoms in total. The van der Waals surface area contributed by atoms with Gasteiger partial charge in [0.2, 0.25) is 0 Å². The zero-order valence-electron chi connectivity index (χ0n) is 17.0. The summed E-state index contributed by atoms with van der Waals surface area (Å²) in [6.07, 6.45) is 2.89. The number of rotatable bonds is 8. The molecule has 0 bridgehead atoms. The van der Waals surface area contributed by atoms with Crippen LogP contribution in [-0.4, -0.2) is 29.0 Å². The Kier molecular flexibility index (Phi) is 6.85. The maximum absolute atomic E-state index is 13.2. The minimum atomic E-state index is -0.621. The van der Waals surface area contributed by atoms with E-state index in [1.54, 1.807) is 38.6 Å². The quantitative estimate of drug-likeness (QED) is 0.572. The largest absolute Gasteiger partial charge is 0.497 e. The molecule has 0 aliphatic heterocycles. The lowest BCUT2D eigenvalue weighted by Crippen LogP contribution is -2.39. The SMILES string of the molecule is COc1ccc(OC(C)C(=O)N(Cc2cccnc2)Cc2ccccc2C)cc1.